The second-order valence-electron chi connectivity index (χ2n) is 6.73. The van der Waals surface area contributed by atoms with Crippen molar-refractivity contribution < 1.29 is 9.59 Å². The first-order valence-corrected chi connectivity index (χ1v) is 9.21. The number of carbonyl (C=O) groups is 2. The Kier molecular flexibility index (Phi) is 5.95. The molecule has 0 radical (unpaired) electrons. The van der Waals surface area contributed by atoms with Gasteiger partial charge in [-0.3, -0.25) is 19.3 Å². The molecule has 0 saturated carbocycles. The average Bonchev–Trinajstić information content (AvgIpc) is 3.12. The van der Waals surface area contributed by atoms with Crippen LogP contribution in [0, 0.1) is 6.92 Å². The van der Waals surface area contributed by atoms with Gasteiger partial charge in [0.15, 0.2) is 0 Å². The zero-order chi connectivity index (χ0) is 19.8. The lowest BCUT2D eigenvalue weighted by atomic mass is 10.1. The monoisotopic (exact) mass is 429 g/mol. The van der Waals surface area contributed by atoms with E-state index in [9.17, 15) is 9.59 Å². The van der Waals surface area contributed by atoms with Gasteiger partial charge in [-0.15, -0.1) is 0 Å². The number of nitrogens with one attached hydrogen (secondary N) is 1. The quantitative estimate of drug-likeness (QED) is 0.686. The van der Waals surface area contributed by atoms with Gasteiger partial charge in [0.2, 0.25) is 0 Å². The number of benzene rings is 1. The van der Waals surface area contributed by atoms with Crippen molar-refractivity contribution in [2.24, 2.45) is 0 Å². The first kappa shape index (κ1) is 20.9. The third kappa shape index (κ3) is 3.99. The molecular weight excluding hydrogens is 410 g/mol. The Balaban J connectivity index is 0.00000240. The summed E-state index contributed by atoms with van der Waals surface area (Å²) >= 11 is 5.96. The molecule has 7 nitrogen and oxygen atoms in total. The predicted octanol–water partition coefficient (Wildman–Crippen LogP) is 3.83. The molecule has 9 heteroatoms. The molecule has 150 valence electrons. The number of pyridine rings is 1. The number of aromatic nitrogens is 3. The van der Waals surface area contributed by atoms with Crippen molar-refractivity contribution in [3.05, 3.63) is 70.8 Å². The highest BCUT2D eigenvalue weighted by molar-refractivity contribution is 7.59. The van der Waals surface area contributed by atoms with Gasteiger partial charge in [-0.25, -0.2) is 0 Å². The van der Waals surface area contributed by atoms with Gasteiger partial charge < -0.3 is 10.2 Å². The van der Waals surface area contributed by atoms with Gasteiger partial charge in [-0.05, 0) is 50.2 Å². The smallest absolute Gasteiger partial charge is 0.277 e. The molecule has 3 aromatic rings. The fourth-order valence-corrected chi connectivity index (χ4v) is 3.42. The summed E-state index contributed by atoms with van der Waals surface area (Å²) in [4.78, 5) is 31.8. The van der Waals surface area contributed by atoms with Crippen LogP contribution in [0.4, 0.5) is 11.4 Å². The molecule has 2 amide bonds. The molecule has 0 saturated heterocycles. The second-order valence-corrected chi connectivity index (χ2v) is 7.17. The molecule has 0 unspecified atom stereocenters. The van der Waals surface area contributed by atoms with Crippen LogP contribution in [0.5, 0.6) is 0 Å². The minimum absolute atomic E-state index is 0. The van der Waals surface area contributed by atoms with Crippen LogP contribution in [-0.4, -0.2) is 33.1 Å². The Morgan fingerprint density at radius 1 is 1.24 bits per heavy atom. The van der Waals surface area contributed by atoms with Crippen LogP contribution < -0.4 is 10.2 Å². The number of hydrogen-bond acceptors (Lipinski definition) is 4. The average molecular weight is 430 g/mol. The zero-order valence-corrected chi connectivity index (χ0v) is 17.6. The lowest BCUT2D eigenvalue weighted by molar-refractivity contribution is 0.0939. The summed E-state index contributed by atoms with van der Waals surface area (Å²) in [6.07, 6.45) is 3.06. The fourth-order valence-electron chi connectivity index (χ4n) is 3.29. The number of amides is 2. The molecule has 0 spiro atoms. The fraction of sp³-hybridized carbons (Fsp3) is 0.200. The van der Waals surface area contributed by atoms with E-state index in [2.05, 4.69) is 15.4 Å². The van der Waals surface area contributed by atoms with E-state index in [1.54, 1.807) is 52.2 Å². The topological polar surface area (TPSA) is 80.1 Å². The van der Waals surface area contributed by atoms with Crippen molar-refractivity contribution in [3.63, 3.8) is 0 Å². The second kappa shape index (κ2) is 8.26. The summed E-state index contributed by atoms with van der Waals surface area (Å²) in [5, 5.41) is 7.69. The Labute approximate surface area is 180 Å². The molecule has 29 heavy (non-hydrogen) atoms. The van der Waals surface area contributed by atoms with E-state index in [0.29, 0.717) is 17.3 Å². The summed E-state index contributed by atoms with van der Waals surface area (Å²) in [5.41, 5.74) is 2.64. The van der Waals surface area contributed by atoms with Crippen LogP contribution in [0.2, 0.25) is 5.02 Å². The molecule has 1 atom stereocenters. The van der Waals surface area contributed by atoms with Crippen LogP contribution in [0.3, 0.4) is 0 Å². The van der Waals surface area contributed by atoms with Gasteiger partial charge in [0.25, 0.3) is 11.8 Å². The van der Waals surface area contributed by atoms with Crippen LogP contribution in [0.1, 0.15) is 39.5 Å². The van der Waals surface area contributed by atoms with E-state index >= 15 is 0 Å². The number of hydrogen-bond donors (Lipinski definition) is 1. The van der Waals surface area contributed by atoms with Crippen molar-refractivity contribution >= 4 is 48.3 Å². The highest BCUT2D eigenvalue weighted by Gasteiger charge is 2.35. The number of anilines is 2. The van der Waals surface area contributed by atoms with Crippen LogP contribution in [-0.2, 0) is 0 Å². The van der Waals surface area contributed by atoms with Crippen LogP contribution >= 0.6 is 25.1 Å². The number of aryl methyl sites for hydroxylation is 1. The van der Waals surface area contributed by atoms with Crippen molar-refractivity contribution in [1.82, 2.24) is 14.8 Å². The van der Waals surface area contributed by atoms with Gasteiger partial charge in [-0.2, -0.15) is 18.6 Å². The third-order valence-electron chi connectivity index (χ3n) is 4.64. The van der Waals surface area contributed by atoms with E-state index in [4.69, 9.17) is 11.6 Å². The zero-order valence-electron chi connectivity index (χ0n) is 15.9. The molecule has 0 aliphatic carbocycles. The molecular formula is C20H20ClN5O2S. The summed E-state index contributed by atoms with van der Waals surface area (Å²) in [5.74, 6) is -0.653. The maximum absolute atomic E-state index is 13.2. The molecule has 0 fully saturated rings. The standard InChI is InChI=1S/C20H18ClN5O2.H2S/c1-12-9-15(7-8-22-12)24-19(27)17-10-23-26-13(2)11-25(20(28)18(17)26)16-5-3-14(21)4-6-16;/h3-10,13H,11H2,1-2H3,(H,22,24,27);1H2/t13-;/m0./s1. The molecule has 1 aliphatic rings. The molecule has 2 aromatic heterocycles. The number of carbonyl (C=O) groups excluding carboxylic acids is 2. The highest BCUT2D eigenvalue weighted by Crippen LogP contribution is 2.29. The van der Waals surface area contributed by atoms with Crippen LogP contribution in [0.25, 0.3) is 0 Å². The van der Waals surface area contributed by atoms with E-state index < -0.39 is 0 Å². The Bertz CT molecular complexity index is 1070. The van der Waals surface area contributed by atoms with E-state index in [-0.39, 0.29) is 42.6 Å². The lowest BCUT2D eigenvalue weighted by Crippen LogP contribution is -2.43. The Morgan fingerprint density at radius 2 is 1.97 bits per heavy atom. The SMILES string of the molecule is Cc1cc(NC(=O)c2cnn3c2C(=O)N(c2ccc(Cl)cc2)C[C@@H]3C)ccn1.S. The third-order valence-corrected chi connectivity index (χ3v) is 4.90. The van der Waals surface area contributed by atoms with E-state index in [1.165, 1.54) is 6.20 Å². The van der Waals surface area contributed by atoms with Gasteiger partial charge in [0, 0.05) is 34.8 Å². The van der Waals surface area contributed by atoms with Crippen molar-refractivity contribution in [1.29, 1.82) is 0 Å². The van der Waals surface area contributed by atoms with Gasteiger partial charge in [0.1, 0.15) is 5.69 Å². The highest BCUT2D eigenvalue weighted by atomic mass is 35.5. The van der Waals surface area contributed by atoms with Crippen molar-refractivity contribution in [2.75, 3.05) is 16.8 Å². The summed E-state index contributed by atoms with van der Waals surface area (Å²) in [7, 11) is 0. The van der Waals surface area contributed by atoms with E-state index in [1.807, 2.05) is 13.8 Å². The molecule has 4 rings (SSSR count). The summed E-state index contributed by atoms with van der Waals surface area (Å²) in [6.45, 7) is 4.26. The van der Waals surface area contributed by atoms with Gasteiger partial charge in [0.05, 0.1) is 17.8 Å². The number of halogens is 1. The maximum Gasteiger partial charge on any atom is 0.277 e. The van der Waals surface area contributed by atoms with Crippen LogP contribution in [0.15, 0.2) is 48.8 Å². The minimum Gasteiger partial charge on any atom is -0.322 e. The Hall–Kier alpha value is -2.84. The number of fused-ring (bicyclic) bond motifs is 1. The summed E-state index contributed by atoms with van der Waals surface area (Å²) in [6, 6.07) is 10.4. The predicted molar refractivity (Wildman–Crippen MR) is 117 cm³/mol. The lowest BCUT2D eigenvalue weighted by Gasteiger charge is -2.32. The normalized spacial score (nSPS) is 15.5. The number of rotatable bonds is 3. The molecule has 1 aliphatic heterocycles. The Morgan fingerprint density at radius 3 is 2.66 bits per heavy atom. The van der Waals surface area contributed by atoms with Crippen molar-refractivity contribution in [2.45, 2.75) is 19.9 Å². The molecule has 0 bridgehead atoms. The van der Waals surface area contributed by atoms with E-state index in [0.717, 1.165) is 11.4 Å². The maximum atomic E-state index is 13.2. The molecule has 1 aromatic carbocycles. The van der Waals surface area contributed by atoms with Crippen molar-refractivity contribution in [3.8, 4) is 0 Å². The first-order chi connectivity index (χ1) is 13.4. The van der Waals surface area contributed by atoms with Gasteiger partial charge in [-0.1, -0.05) is 11.6 Å². The summed E-state index contributed by atoms with van der Waals surface area (Å²) < 4.78 is 1.61. The number of nitrogens with zero attached hydrogens (tertiary/aromatic N) is 4. The minimum atomic E-state index is -0.384. The first-order valence-electron chi connectivity index (χ1n) is 8.83. The molecule has 3 heterocycles. The largest absolute Gasteiger partial charge is 0.322 e. The molecule has 1 N–H and O–H groups in total. The van der Waals surface area contributed by atoms with Gasteiger partial charge >= 0.3 is 0 Å².